The molecule has 0 radical (unpaired) electrons. The highest BCUT2D eigenvalue weighted by molar-refractivity contribution is 5.90. The molecule has 1 amide bonds. The van der Waals surface area contributed by atoms with Crippen molar-refractivity contribution in [1.29, 1.82) is 0 Å². The summed E-state index contributed by atoms with van der Waals surface area (Å²) >= 11 is 0. The molecule has 0 aliphatic carbocycles. The zero-order valence-corrected chi connectivity index (χ0v) is 16.7. The Hall–Kier alpha value is -1.99. The first kappa shape index (κ1) is 21.3. The second kappa shape index (κ2) is 8.80. The summed E-state index contributed by atoms with van der Waals surface area (Å²) in [5.74, 6) is 0.813. The number of nitrogens with zero attached hydrogens (tertiary/aromatic N) is 4. The van der Waals surface area contributed by atoms with Crippen LogP contribution in [0.15, 0.2) is 24.3 Å². The van der Waals surface area contributed by atoms with E-state index >= 15 is 0 Å². The number of carbonyl (C=O) groups is 1. The molecular formula is C19H27ClFN5O. The molecule has 2 N–H and O–H groups in total. The van der Waals surface area contributed by atoms with E-state index in [1.54, 1.807) is 21.7 Å². The third kappa shape index (κ3) is 4.47. The van der Waals surface area contributed by atoms with Gasteiger partial charge < -0.3 is 10.6 Å². The van der Waals surface area contributed by atoms with E-state index in [1.165, 1.54) is 12.1 Å². The van der Waals surface area contributed by atoms with Gasteiger partial charge in [-0.15, -0.1) is 17.5 Å². The first-order valence-corrected chi connectivity index (χ1v) is 9.14. The number of carbonyl (C=O) groups excluding carboxylic acids is 1. The van der Waals surface area contributed by atoms with Crippen molar-refractivity contribution in [2.75, 3.05) is 13.1 Å². The van der Waals surface area contributed by atoms with E-state index in [1.807, 2.05) is 13.8 Å². The molecule has 1 aromatic heterocycles. The Labute approximate surface area is 165 Å². The molecule has 2 unspecified atom stereocenters. The van der Waals surface area contributed by atoms with Crippen LogP contribution in [0.4, 0.5) is 4.39 Å². The van der Waals surface area contributed by atoms with Gasteiger partial charge in [-0.2, -0.15) is 0 Å². The van der Waals surface area contributed by atoms with Crippen LogP contribution in [0.5, 0.6) is 0 Å². The molecule has 2 heterocycles. The lowest BCUT2D eigenvalue weighted by Gasteiger charge is -2.37. The van der Waals surface area contributed by atoms with Gasteiger partial charge in [-0.05, 0) is 37.0 Å². The molecule has 1 saturated heterocycles. The average molecular weight is 396 g/mol. The van der Waals surface area contributed by atoms with E-state index in [0.717, 1.165) is 12.8 Å². The number of amides is 1. The van der Waals surface area contributed by atoms with Crippen LogP contribution in [0.25, 0.3) is 5.69 Å². The van der Waals surface area contributed by atoms with Gasteiger partial charge >= 0.3 is 0 Å². The first-order valence-electron chi connectivity index (χ1n) is 9.14. The Morgan fingerprint density at radius 2 is 2.15 bits per heavy atom. The number of benzene rings is 1. The van der Waals surface area contributed by atoms with Gasteiger partial charge in [-0.25, -0.2) is 14.1 Å². The quantitative estimate of drug-likeness (QED) is 0.862. The van der Waals surface area contributed by atoms with Gasteiger partial charge in [0.1, 0.15) is 11.6 Å². The predicted octanol–water partition coefficient (Wildman–Crippen LogP) is 3.15. The van der Waals surface area contributed by atoms with Crippen LogP contribution in [0.2, 0.25) is 0 Å². The Kier molecular flexibility index (Phi) is 6.95. The minimum atomic E-state index is -0.353. The largest absolute Gasteiger partial charge is 0.332 e. The van der Waals surface area contributed by atoms with E-state index in [2.05, 4.69) is 17.0 Å². The van der Waals surface area contributed by atoms with Gasteiger partial charge in [0.05, 0.1) is 5.69 Å². The number of rotatable bonds is 4. The average Bonchev–Trinajstić information content (AvgIpc) is 3.06. The zero-order chi connectivity index (χ0) is 18.8. The van der Waals surface area contributed by atoms with Gasteiger partial charge in [0.2, 0.25) is 5.82 Å². The van der Waals surface area contributed by atoms with Crippen LogP contribution in [-0.2, 0) is 0 Å². The predicted molar refractivity (Wildman–Crippen MR) is 105 cm³/mol. The maximum absolute atomic E-state index is 13.6. The third-order valence-corrected chi connectivity index (χ3v) is 4.90. The molecule has 1 aromatic carbocycles. The van der Waals surface area contributed by atoms with Crippen molar-refractivity contribution in [3.05, 3.63) is 41.7 Å². The van der Waals surface area contributed by atoms with Gasteiger partial charge in [0.15, 0.2) is 0 Å². The number of halogens is 2. The van der Waals surface area contributed by atoms with Gasteiger partial charge in [0, 0.05) is 25.0 Å². The first-order chi connectivity index (χ1) is 12.4. The van der Waals surface area contributed by atoms with Crippen LogP contribution >= 0.6 is 12.4 Å². The van der Waals surface area contributed by atoms with Crippen LogP contribution in [0.3, 0.4) is 0 Å². The summed E-state index contributed by atoms with van der Waals surface area (Å²) in [5, 5.41) is 4.41. The van der Waals surface area contributed by atoms with Gasteiger partial charge in [0.25, 0.3) is 5.91 Å². The molecule has 2 atom stereocenters. The number of hydrogen-bond donors (Lipinski definition) is 1. The van der Waals surface area contributed by atoms with Crippen molar-refractivity contribution >= 4 is 18.3 Å². The Balaban J connectivity index is 0.00000261. The Morgan fingerprint density at radius 3 is 2.78 bits per heavy atom. The molecule has 1 aliphatic heterocycles. The molecule has 0 bridgehead atoms. The summed E-state index contributed by atoms with van der Waals surface area (Å²) in [6, 6.07) is 6.15. The topological polar surface area (TPSA) is 77.0 Å². The summed E-state index contributed by atoms with van der Waals surface area (Å²) in [6.07, 6.45) is 1.84. The molecule has 6 nitrogen and oxygen atoms in total. The zero-order valence-electron chi connectivity index (χ0n) is 15.9. The number of aromatic nitrogens is 3. The fraction of sp³-hybridized carbons (Fsp3) is 0.526. The second-order valence-corrected chi connectivity index (χ2v) is 7.36. The number of hydrogen-bond acceptors (Lipinski definition) is 4. The molecule has 0 saturated carbocycles. The summed E-state index contributed by atoms with van der Waals surface area (Å²) in [7, 11) is 0. The van der Waals surface area contributed by atoms with Gasteiger partial charge in [-0.1, -0.05) is 26.8 Å². The summed E-state index contributed by atoms with van der Waals surface area (Å²) in [4.78, 5) is 19.3. The molecule has 3 rings (SSSR count). The second-order valence-electron chi connectivity index (χ2n) is 7.36. The van der Waals surface area contributed by atoms with Crippen molar-refractivity contribution in [3.63, 3.8) is 0 Å². The molecule has 1 fully saturated rings. The van der Waals surface area contributed by atoms with E-state index in [4.69, 9.17) is 5.73 Å². The summed E-state index contributed by atoms with van der Waals surface area (Å²) in [6.45, 7) is 7.21. The summed E-state index contributed by atoms with van der Waals surface area (Å²) in [5.41, 5.74) is 6.44. The minimum absolute atomic E-state index is 0. The molecule has 148 valence electrons. The maximum Gasteiger partial charge on any atom is 0.293 e. The maximum atomic E-state index is 13.6. The summed E-state index contributed by atoms with van der Waals surface area (Å²) < 4.78 is 15.2. The SMILES string of the molecule is CC1CCN(C(=O)c2nc(C(C)C)n(-c3cccc(F)c3)n2)C(CN)C1.Cl. The van der Waals surface area contributed by atoms with Crippen LogP contribution in [0, 0.1) is 11.7 Å². The Morgan fingerprint density at radius 1 is 1.41 bits per heavy atom. The minimum Gasteiger partial charge on any atom is -0.332 e. The standard InChI is InChI=1S/C19H26FN5O.ClH/c1-12(2)18-22-17(23-25(18)15-6-4-5-14(20)10-15)19(26)24-8-7-13(3)9-16(24)11-21;/h4-6,10,12-13,16H,7-9,11,21H2,1-3H3;1H. The lowest BCUT2D eigenvalue weighted by Crippen LogP contribution is -2.49. The molecule has 2 aromatic rings. The normalized spacial score (nSPS) is 19.9. The van der Waals surface area contributed by atoms with Crippen molar-refractivity contribution in [1.82, 2.24) is 19.7 Å². The van der Waals surface area contributed by atoms with Crippen molar-refractivity contribution < 1.29 is 9.18 Å². The highest BCUT2D eigenvalue weighted by Gasteiger charge is 2.32. The van der Waals surface area contributed by atoms with E-state index in [9.17, 15) is 9.18 Å². The van der Waals surface area contributed by atoms with E-state index in [-0.39, 0.29) is 41.9 Å². The molecule has 1 aliphatic rings. The van der Waals surface area contributed by atoms with Crippen molar-refractivity contribution in [2.24, 2.45) is 11.7 Å². The van der Waals surface area contributed by atoms with Crippen LogP contribution in [0.1, 0.15) is 56.0 Å². The van der Waals surface area contributed by atoms with Crippen molar-refractivity contribution in [3.8, 4) is 5.69 Å². The molecule has 0 spiro atoms. The lowest BCUT2D eigenvalue weighted by molar-refractivity contribution is 0.0561. The lowest BCUT2D eigenvalue weighted by atomic mass is 9.92. The monoisotopic (exact) mass is 395 g/mol. The van der Waals surface area contributed by atoms with Gasteiger partial charge in [-0.3, -0.25) is 4.79 Å². The highest BCUT2D eigenvalue weighted by Crippen LogP contribution is 2.24. The van der Waals surface area contributed by atoms with Crippen molar-refractivity contribution in [2.45, 2.75) is 45.6 Å². The fourth-order valence-electron chi connectivity index (χ4n) is 3.46. The number of nitrogens with two attached hydrogens (primary N) is 1. The number of piperidine rings is 1. The molecular weight excluding hydrogens is 369 g/mol. The van der Waals surface area contributed by atoms with E-state index in [0.29, 0.717) is 30.5 Å². The van der Waals surface area contributed by atoms with Crippen LogP contribution < -0.4 is 5.73 Å². The number of likely N-dealkylation sites (tertiary alicyclic amines) is 1. The molecule has 8 heteroatoms. The molecule has 27 heavy (non-hydrogen) atoms. The van der Waals surface area contributed by atoms with E-state index < -0.39 is 0 Å². The highest BCUT2D eigenvalue weighted by atomic mass is 35.5. The smallest absolute Gasteiger partial charge is 0.293 e. The fourth-order valence-corrected chi connectivity index (χ4v) is 3.46. The van der Waals surface area contributed by atoms with Crippen LogP contribution in [-0.4, -0.2) is 44.7 Å². The Bertz CT molecular complexity index is 794. The third-order valence-electron chi connectivity index (χ3n) is 4.90.